The van der Waals surface area contributed by atoms with Crippen molar-refractivity contribution in [2.24, 2.45) is 10.9 Å². The molecule has 212 valence electrons. The van der Waals surface area contributed by atoms with Gasteiger partial charge in [-0.2, -0.15) is 0 Å². The number of fused-ring (bicyclic) bond motifs is 2. The van der Waals surface area contributed by atoms with E-state index in [1.54, 1.807) is 25.4 Å². The molecule has 1 fully saturated rings. The molecule has 12 nitrogen and oxygen atoms in total. The molecule has 12 heteroatoms. The fraction of sp³-hybridized carbons (Fsp3) is 0.200. The molecule has 5 heterocycles. The summed E-state index contributed by atoms with van der Waals surface area (Å²) in [7, 11) is 0. The molecule has 0 atom stereocenters. The molecule has 0 unspecified atom stereocenters. The number of hydrogen-bond donors (Lipinski definition) is 1. The van der Waals surface area contributed by atoms with Gasteiger partial charge in [0.2, 0.25) is 0 Å². The molecule has 1 aliphatic rings. The van der Waals surface area contributed by atoms with Crippen molar-refractivity contribution in [3.63, 3.8) is 0 Å². The molecule has 1 aromatic carbocycles. The second kappa shape index (κ2) is 12.0. The average Bonchev–Trinajstić information content (AvgIpc) is 3.47. The quantitative estimate of drug-likeness (QED) is 0.101. The number of carbonyl (C=O) groups is 1. The number of nitrogens with zero attached hydrogens (tertiary/aromatic N) is 7. The molecule has 5 aromatic rings. The van der Waals surface area contributed by atoms with Gasteiger partial charge in [-0.3, -0.25) is 14.2 Å². The van der Waals surface area contributed by atoms with Crippen LogP contribution in [0.3, 0.4) is 0 Å². The Kier molecular flexibility index (Phi) is 7.68. The number of carbonyl (C=O) groups excluding carboxylic acids is 1. The summed E-state index contributed by atoms with van der Waals surface area (Å²) in [5.41, 5.74) is 11.2. The third-order valence-electron chi connectivity index (χ3n) is 6.66. The fourth-order valence-corrected chi connectivity index (χ4v) is 4.62. The van der Waals surface area contributed by atoms with E-state index in [1.807, 2.05) is 53.1 Å². The predicted octanol–water partition coefficient (Wildman–Crippen LogP) is 4.14. The van der Waals surface area contributed by atoms with Crippen LogP contribution >= 0.6 is 0 Å². The number of anilines is 1. The number of ether oxygens (including phenoxy) is 2. The van der Waals surface area contributed by atoms with Crippen molar-refractivity contribution in [3.8, 4) is 11.3 Å². The molecule has 0 radical (unpaired) electrons. The van der Waals surface area contributed by atoms with E-state index < -0.39 is 6.16 Å². The van der Waals surface area contributed by atoms with Crippen LogP contribution in [0.1, 0.15) is 23.9 Å². The van der Waals surface area contributed by atoms with Gasteiger partial charge in [0.25, 0.3) is 0 Å². The second-order valence-electron chi connectivity index (χ2n) is 9.40. The van der Waals surface area contributed by atoms with E-state index in [4.69, 9.17) is 35.0 Å². The second-order valence-corrected chi connectivity index (χ2v) is 9.40. The van der Waals surface area contributed by atoms with Crippen LogP contribution in [0.4, 0.5) is 10.6 Å². The Balaban J connectivity index is 1.37. The number of morpholine rings is 1. The number of imidazole rings is 1. The van der Waals surface area contributed by atoms with Crippen LogP contribution in [0, 0.1) is 0 Å². The lowest BCUT2D eigenvalue weighted by molar-refractivity contribution is 0.0613. The van der Waals surface area contributed by atoms with Gasteiger partial charge < -0.3 is 20.1 Å². The molecule has 1 saturated heterocycles. The summed E-state index contributed by atoms with van der Waals surface area (Å²) in [6, 6.07) is 13.8. The number of para-hydroxylation sites is 1. The molecule has 2 N–H and O–H groups in total. The van der Waals surface area contributed by atoms with Crippen LogP contribution in [0.5, 0.6) is 0 Å². The minimum Gasteiger partial charge on any atom is -0.433 e. The maximum Gasteiger partial charge on any atom is 0.535 e. The maximum atomic E-state index is 11.5. The van der Waals surface area contributed by atoms with Crippen molar-refractivity contribution in [2.75, 3.05) is 37.8 Å². The minimum atomic E-state index is -0.938. The topological polar surface area (TPSA) is 142 Å². The molecular formula is C30H28N8O4. The minimum absolute atomic E-state index is 0.0244. The summed E-state index contributed by atoms with van der Waals surface area (Å²) in [5.74, 6) is 0.738. The van der Waals surface area contributed by atoms with Gasteiger partial charge in [-0.15, -0.1) is 0 Å². The first-order valence-corrected chi connectivity index (χ1v) is 13.5. The average molecular weight is 565 g/mol. The molecule has 6 rings (SSSR count). The number of nitrogens with two attached hydrogens (primary N) is 1. The van der Waals surface area contributed by atoms with Gasteiger partial charge in [-0.05, 0) is 37.3 Å². The Morgan fingerprint density at radius 3 is 2.76 bits per heavy atom. The lowest BCUT2D eigenvalue weighted by Gasteiger charge is -2.28. The zero-order chi connectivity index (χ0) is 28.9. The molecular weight excluding hydrogens is 536 g/mol. The highest BCUT2D eigenvalue weighted by atomic mass is 16.8. The van der Waals surface area contributed by atoms with E-state index in [9.17, 15) is 4.79 Å². The molecule has 0 amide bonds. The number of pyridine rings is 2. The molecule has 42 heavy (non-hydrogen) atoms. The van der Waals surface area contributed by atoms with Crippen LogP contribution in [0.15, 0.2) is 72.4 Å². The Hall–Kier alpha value is -5.36. The predicted molar refractivity (Wildman–Crippen MR) is 159 cm³/mol. The van der Waals surface area contributed by atoms with Gasteiger partial charge in [0.1, 0.15) is 0 Å². The number of rotatable bonds is 7. The Morgan fingerprint density at radius 1 is 1.07 bits per heavy atom. The molecule has 0 spiro atoms. The first-order chi connectivity index (χ1) is 20.6. The number of hydrogen-bond acceptors (Lipinski definition) is 10. The first-order valence-electron chi connectivity index (χ1n) is 13.5. The molecule has 4 aromatic heterocycles. The highest BCUT2D eigenvalue weighted by Gasteiger charge is 2.20. The summed E-state index contributed by atoms with van der Waals surface area (Å²) in [6.07, 6.45) is 9.89. The third kappa shape index (κ3) is 5.74. The standard InChI is InChI=1S/C30H28N8O4/c1-2-41-30(39)42-36-27(31)22-15-21(16-32-17-22)26-18-33-28(37-11-13-40-14-12-37)29-35-24(19-38(26)29)10-9-23-8-7-20-5-3-4-6-25(20)34-23/h3-10,15-19H,2,11-14H2,1H3,(H2,31,36)/b10-9+. The molecule has 0 aliphatic carbocycles. The van der Waals surface area contributed by atoms with Gasteiger partial charge in [0.05, 0.1) is 48.6 Å². The fourth-order valence-electron chi connectivity index (χ4n) is 4.62. The van der Waals surface area contributed by atoms with E-state index in [1.165, 1.54) is 6.20 Å². The van der Waals surface area contributed by atoms with E-state index in [2.05, 4.69) is 21.1 Å². The first kappa shape index (κ1) is 26.8. The van der Waals surface area contributed by atoms with Crippen molar-refractivity contribution in [3.05, 3.63) is 84.2 Å². The zero-order valence-corrected chi connectivity index (χ0v) is 22.9. The van der Waals surface area contributed by atoms with Gasteiger partial charge in [0, 0.05) is 48.2 Å². The van der Waals surface area contributed by atoms with Gasteiger partial charge in [-0.25, -0.2) is 19.7 Å². The van der Waals surface area contributed by atoms with Crippen LogP contribution in [-0.2, 0) is 14.3 Å². The lowest BCUT2D eigenvalue weighted by Crippen LogP contribution is -2.37. The number of oxime groups is 1. The molecule has 1 aliphatic heterocycles. The smallest absolute Gasteiger partial charge is 0.433 e. The van der Waals surface area contributed by atoms with Crippen molar-refractivity contribution >= 4 is 46.5 Å². The summed E-state index contributed by atoms with van der Waals surface area (Å²) in [4.78, 5) is 37.2. The van der Waals surface area contributed by atoms with Gasteiger partial charge in [-0.1, -0.05) is 29.4 Å². The monoisotopic (exact) mass is 564 g/mol. The van der Waals surface area contributed by atoms with Crippen LogP contribution in [-0.4, -0.2) is 69.2 Å². The number of amidine groups is 1. The highest BCUT2D eigenvalue weighted by Crippen LogP contribution is 2.27. The summed E-state index contributed by atoms with van der Waals surface area (Å²) in [5, 5.41) is 4.76. The summed E-state index contributed by atoms with van der Waals surface area (Å²) in [6.45, 7) is 4.50. The van der Waals surface area contributed by atoms with Crippen LogP contribution < -0.4 is 10.6 Å². The molecule has 0 bridgehead atoms. The highest BCUT2D eigenvalue weighted by molar-refractivity contribution is 5.98. The number of aromatic nitrogens is 5. The molecule has 0 saturated carbocycles. The Labute approximate surface area is 241 Å². The van der Waals surface area contributed by atoms with E-state index in [0.29, 0.717) is 37.5 Å². The van der Waals surface area contributed by atoms with Gasteiger partial charge in [0.15, 0.2) is 17.3 Å². The van der Waals surface area contributed by atoms with Crippen LogP contribution in [0.25, 0.3) is 40.0 Å². The Morgan fingerprint density at radius 2 is 1.90 bits per heavy atom. The van der Waals surface area contributed by atoms with E-state index >= 15 is 0 Å². The van der Waals surface area contributed by atoms with Crippen molar-refractivity contribution in [1.82, 2.24) is 24.3 Å². The zero-order valence-electron chi connectivity index (χ0n) is 22.9. The SMILES string of the molecule is CCOC(=O)O/N=C(/N)c1cncc(-c2cnc(N3CCOCC3)c3nc(/C=C/c4ccc5ccccc5n4)cn23)c1. The third-order valence-corrected chi connectivity index (χ3v) is 6.66. The Bertz CT molecular complexity index is 1810. The summed E-state index contributed by atoms with van der Waals surface area (Å²) < 4.78 is 12.2. The summed E-state index contributed by atoms with van der Waals surface area (Å²) >= 11 is 0. The van der Waals surface area contributed by atoms with Crippen LogP contribution in [0.2, 0.25) is 0 Å². The van der Waals surface area contributed by atoms with Crippen molar-refractivity contribution in [1.29, 1.82) is 0 Å². The largest absolute Gasteiger partial charge is 0.535 e. The van der Waals surface area contributed by atoms with E-state index in [-0.39, 0.29) is 12.4 Å². The number of benzene rings is 1. The normalized spacial score (nSPS) is 14.1. The van der Waals surface area contributed by atoms with E-state index in [0.717, 1.165) is 39.4 Å². The maximum absolute atomic E-state index is 11.5. The van der Waals surface area contributed by atoms with Gasteiger partial charge >= 0.3 is 6.16 Å². The van der Waals surface area contributed by atoms with Crippen molar-refractivity contribution < 1.29 is 19.1 Å². The lowest BCUT2D eigenvalue weighted by atomic mass is 10.1. The van der Waals surface area contributed by atoms with Crippen molar-refractivity contribution in [2.45, 2.75) is 6.92 Å².